The van der Waals surface area contributed by atoms with Gasteiger partial charge in [-0.05, 0) is 18.6 Å². The second-order valence-corrected chi connectivity index (χ2v) is 5.84. The molecule has 1 N–H and O–H groups in total. The Morgan fingerprint density at radius 1 is 1.33 bits per heavy atom. The number of nitrogens with one attached hydrogen (secondary N) is 1. The van der Waals surface area contributed by atoms with Crippen molar-refractivity contribution in [1.82, 2.24) is 10.3 Å². The molecule has 1 aromatic heterocycles. The summed E-state index contributed by atoms with van der Waals surface area (Å²) in [5.74, 6) is -0.859. The summed E-state index contributed by atoms with van der Waals surface area (Å²) < 4.78 is 10.0. The van der Waals surface area contributed by atoms with Crippen molar-refractivity contribution >= 4 is 22.8 Å². The minimum atomic E-state index is -0.753. The number of ether oxygens (including phenoxy) is 2. The van der Waals surface area contributed by atoms with Crippen LogP contribution in [0.2, 0.25) is 0 Å². The lowest BCUT2D eigenvalue weighted by atomic mass is 10.1. The van der Waals surface area contributed by atoms with Crippen molar-refractivity contribution in [2.45, 2.75) is 18.9 Å². The molecule has 2 aromatic rings. The Bertz CT molecular complexity index is 741. The van der Waals surface area contributed by atoms with Gasteiger partial charge < -0.3 is 14.8 Å². The highest BCUT2D eigenvalue weighted by molar-refractivity contribution is 5.86. The first-order chi connectivity index (χ1) is 11.7. The zero-order valence-corrected chi connectivity index (χ0v) is 13.5. The fourth-order valence-electron chi connectivity index (χ4n) is 2.80. The fraction of sp³-hybridized carbons (Fsp3) is 0.389. The van der Waals surface area contributed by atoms with E-state index in [0.717, 1.165) is 16.6 Å². The number of pyridine rings is 1. The lowest BCUT2D eigenvalue weighted by Gasteiger charge is -2.18. The lowest BCUT2D eigenvalue weighted by Crippen LogP contribution is -2.45. The average molecular weight is 328 g/mol. The maximum absolute atomic E-state index is 12.3. The van der Waals surface area contributed by atoms with Crippen LogP contribution in [0.1, 0.15) is 12.1 Å². The van der Waals surface area contributed by atoms with Crippen LogP contribution in [0.25, 0.3) is 10.9 Å². The molecule has 2 heterocycles. The van der Waals surface area contributed by atoms with Gasteiger partial charge in [-0.2, -0.15) is 0 Å². The van der Waals surface area contributed by atoms with Crippen LogP contribution >= 0.6 is 0 Å². The van der Waals surface area contributed by atoms with Gasteiger partial charge in [-0.3, -0.25) is 9.78 Å². The second kappa shape index (κ2) is 7.40. The molecule has 3 rings (SSSR count). The molecule has 0 radical (unpaired) electrons. The largest absolute Gasteiger partial charge is 0.467 e. The summed E-state index contributed by atoms with van der Waals surface area (Å²) in [5, 5.41) is 3.80. The summed E-state index contributed by atoms with van der Waals surface area (Å²) >= 11 is 0. The number of amides is 1. The standard InChI is InChI=1S/C18H20N2O4/c1-23-18(22)16(20-17(21)13-8-9-24-11-13)10-14-7-6-12-4-2-3-5-15(12)19-14/h2-7,13,16H,8-11H2,1H3,(H,20,21)/t13-,16+/m1/s1. The van der Waals surface area contributed by atoms with E-state index >= 15 is 0 Å². The van der Waals surface area contributed by atoms with E-state index in [0.29, 0.717) is 19.6 Å². The molecule has 0 saturated carbocycles. The molecule has 0 aliphatic carbocycles. The van der Waals surface area contributed by atoms with Crippen molar-refractivity contribution in [2.75, 3.05) is 20.3 Å². The lowest BCUT2D eigenvalue weighted by molar-refractivity contribution is -0.145. The first-order valence-electron chi connectivity index (χ1n) is 7.98. The number of fused-ring (bicyclic) bond motifs is 1. The SMILES string of the molecule is COC(=O)[C@H](Cc1ccc2ccccc2n1)NC(=O)[C@@H]1CCOC1. The van der Waals surface area contributed by atoms with Gasteiger partial charge in [0.25, 0.3) is 0 Å². The molecule has 1 aliphatic heterocycles. The number of aromatic nitrogens is 1. The highest BCUT2D eigenvalue weighted by Crippen LogP contribution is 2.15. The topological polar surface area (TPSA) is 77.5 Å². The van der Waals surface area contributed by atoms with Gasteiger partial charge >= 0.3 is 5.97 Å². The van der Waals surface area contributed by atoms with Gasteiger partial charge in [0.1, 0.15) is 6.04 Å². The highest BCUT2D eigenvalue weighted by Gasteiger charge is 2.29. The summed E-state index contributed by atoms with van der Waals surface area (Å²) in [6.45, 7) is 0.973. The van der Waals surface area contributed by atoms with Crippen molar-refractivity contribution in [3.8, 4) is 0 Å². The van der Waals surface area contributed by atoms with Crippen molar-refractivity contribution in [1.29, 1.82) is 0 Å². The zero-order chi connectivity index (χ0) is 16.9. The van der Waals surface area contributed by atoms with Crippen LogP contribution in [0.4, 0.5) is 0 Å². The molecule has 6 heteroatoms. The van der Waals surface area contributed by atoms with Crippen molar-refractivity contribution in [3.63, 3.8) is 0 Å². The summed E-state index contributed by atoms with van der Waals surface area (Å²) in [7, 11) is 1.31. The van der Waals surface area contributed by atoms with Crippen LogP contribution in [0.15, 0.2) is 36.4 Å². The Kier molecular flexibility index (Phi) is 5.05. The van der Waals surface area contributed by atoms with Gasteiger partial charge in [0.2, 0.25) is 5.91 Å². The number of nitrogens with zero attached hydrogens (tertiary/aromatic N) is 1. The minimum Gasteiger partial charge on any atom is -0.467 e. The van der Waals surface area contributed by atoms with Crippen molar-refractivity contribution in [2.24, 2.45) is 5.92 Å². The highest BCUT2D eigenvalue weighted by atomic mass is 16.5. The minimum absolute atomic E-state index is 0.177. The molecule has 1 fully saturated rings. The Balaban J connectivity index is 1.75. The molecule has 126 valence electrons. The van der Waals surface area contributed by atoms with Crippen LogP contribution in [-0.4, -0.2) is 43.2 Å². The molecule has 0 spiro atoms. The molecule has 1 amide bonds. The Morgan fingerprint density at radius 2 is 2.17 bits per heavy atom. The molecule has 1 aromatic carbocycles. The quantitative estimate of drug-likeness (QED) is 0.841. The molecular formula is C18H20N2O4. The number of esters is 1. The molecule has 0 bridgehead atoms. The van der Waals surface area contributed by atoms with E-state index in [-0.39, 0.29) is 18.2 Å². The van der Waals surface area contributed by atoms with Crippen molar-refractivity contribution < 1.29 is 19.1 Å². The van der Waals surface area contributed by atoms with Gasteiger partial charge in [0.15, 0.2) is 0 Å². The van der Waals surface area contributed by atoms with Crippen LogP contribution < -0.4 is 5.32 Å². The van der Waals surface area contributed by atoms with Gasteiger partial charge in [-0.15, -0.1) is 0 Å². The van der Waals surface area contributed by atoms with E-state index < -0.39 is 12.0 Å². The third-order valence-electron chi connectivity index (χ3n) is 4.17. The maximum Gasteiger partial charge on any atom is 0.328 e. The number of para-hydroxylation sites is 1. The van der Waals surface area contributed by atoms with Gasteiger partial charge in [-0.25, -0.2) is 4.79 Å². The third-order valence-corrected chi connectivity index (χ3v) is 4.17. The first-order valence-corrected chi connectivity index (χ1v) is 7.98. The predicted octanol–water partition coefficient (Wildman–Crippen LogP) is 1.47. The third kappa shape index (κ3) is 3.71. The number of methoxy groups -OCH3 is 1. The van der Waals surface area contributed by atoms with Crippen LogP contribution in [0, 0.1) is 5.92 Å². The van der Waals surface area contributed by atoms with E-state index in [1.54, 1.807) is 0 Å². The van der Waals surface area contributed by atoms with E-state index in [9.17, 15) is 9.59 Å². The van der Waals surface area contributed by atoms with E-state index in [2.05, 4.69) is 10.3 Å². The molecule has 1 saturated heterocycles. The Hall–Kier alpha value is -2.47. The molecule has 2 atom stereocenters. The van der Waals surface area contributed by atoms with Crippen molar-refractivity contribution in [3.05, 3.63) is 42.1 Å². The number of carbonyl (C=O) groups excluding carboxylic acids is 2. The predicted molar refractivity (Wildman–Crippen MR) is 88.3 cm³/mol. The number of benzene rings is 1. The number of carbonyl (C=O) groups is 2. The monoisotopic (exact) mass is 328 g/mol. The normalized spacial score (nSPS) is 18.3. The van der Waals surface area contributed by atoms with Crippen LogP contribution in [0.5, 0.6) is 0 Å². The fourth-order valence-corrected chi connectivity index (χ4v) is 2.80. The molecule has 6 nitrogen and oxygen atoms in total. The zero-order valence-electron chi connectivity index (χ0n) is 13.5. The molecule has 0 unspecified atom stereocenters. The van der Waals surface area contributed by atoms with E-state index in [1.807, 2.05) is 36.4 Å². The smallest absolute Gasteiger partial charge is 0.328 e. The summed E-state index contributed by atoms with van der Waals surface area (Å²) in [4.78, 5) is 28.8. The van der Waals surface area contributed by atoms with Gasteiger partial charge in [0, 0.05) is 24.1 Å². The van der Waals surface area contributed by atoms with Gasteiger partial charge in [0.05, 0.1) is 25.2 Å². The van der Waals surface area contributed by atoms with Crippen LogP contribution in [-0.2, 0) is 25.5 Å². The van der Waals surface area contributed by atoms with Gasteiger partial charge in [-0.1, -0.05) is 24.3 Å². The molecule has 24 heavy (non-hydrogen) atoms. The Labute approximate surface area is 140 Å². The first kappa shape index (κ1) is 16.4. The summed E-state index contributed by atoms with van der Waals surface area (Å²) in [6.07, 6.45) is 0.963. The van der Waals surface area contributed by atoms with Crippen LogP contribution in [0.3, 0.4) is 0 Å². The summed E-state index contributed by atoms with van der Waals surface area (Å²) in [6, 6.07) is 10.8. The Morgan fingerprint density at radius 3 is 2.92 bits per heavy atom. The average Bonchev–Trinajstić information content (AvgIpc) is 3.15. The molecule has 1 aliphatic rings. The number of hydrogen-bond acceptors (Lipinski definition) is 5. The molecular weight excluding hydrogens is 308 g/mol. The number of hydrogen-bond donors (Lipinski definition) is 1. The second-order valence-electron chi connectivity index (χ2n) is 5.84. The van der Waals surface area contributed by atoms with E-state index in [1.165, 1.54) is 7.11 Å². The summed E-state index contributed by atoms with van der Waals surface area (Å²) in [5.41, 5.74) is 1.58. The number of rotatable bonds is 5. The van der Waals surface area contributed by atoms with E-state index in [4.69, 9.17) is 9.47 Å². The maximum atomic E-state index is 12.3.